The highest BCUT2D eigenvalue weighted by Crippen LogP contribution is 2.30. The highest BCUT2D eigenvalue weighted by Gasteiger charge is 2.22. The third kappa shape index (κ3) is 4.65. The number of rotatable bonds is 6. The van der Waals surface area contributed by atoms with Crippen molar-refractivity contribution < 1.29 is 12.6 Å². The van der Waals surface area contributed by atoms with Gasteiger partial charge in [0.2, 0.25) is 0 Å². The zero-order chi connectivity index (χ0) is 18.6. The van der Waals surface area contributed by atoms with Crippen LogP contribution in [-0.2, 0) is 10.1 Å². The molecule has 3 rings (SSSR count). The number of aryl methyl sites for hydroxylation is 1. The van der Waals surface area contributed by atoms with Gasteiger partial charge in [0.15, 0.2) is 0 Å². The number of benzene rings is 2. The van der Waals surface area contributed by atoms with Crippen LogP contribution in [0.5, 0.6) is 5.75 Å². The van der Waals surface area contributed by atoms with E-state index in [1.807, 2.05) is 19.1 Å². The predicted molar refractivity (Wildman–Crippen MR) is 104 cm³/mol. The van der Waals surface area contributed by atoms with Crippen LogP contribution in [0, 0.1) is 6.92 Å². The number of piperidine rings is 1. The van der Waals surface area contributed by atoms with E-state index < -0.39 is 10.1 Å². The Hall–Kier alpha value is -1.85. The van der Waals surface area contributed by atoms with Crippen molar-refractivity contribution in [1.82, 2.24) is 4.90 Å². The number of likely N-dealkylation sites (tertiary alicyclic amines) is 1. The molecule has 0 N–H and O–H groups in total. The van der Waals surface area contributed by atoms with Crippen LogP contribution in [0.15, 0.2) is 53.4 Å². The Morgan fingerprint density at radius 1 is 1.15 bits per heavy atom. The zero-order valence-corrected chi connectivity index (χ0v) is 16.3. The molecule has 1 saturated heterocycles. The van der Waals surface area contributed by atoms with Gasteiger partial charge in [-0.05, 0) is 75.0 Å². The van der Waals surface area contributed by atoms with Gasteiger partial charge in [-0.2, -0.15) is 8.42 Å². The number of hydrogen-bond acceptors (Lipinski definition) is 4. The van der Waals surface area contributed by atoms with Crippen molar-refractivity contribution in [2.45, 2.75) is 43.9 Å². The van der Waals surface area contributed by atoms with Crippen LogP contribution in [0.3, 0.4) is 0 Å². The Balaban J connectivity index is 1.76. The smallest absolute Gasteiger partial charge is 0.339 e. The molecule has 1 heterocycles. The van der Waals surface area contributed by atoms with Crippen LogP contribution in [-0.4, -0.2) is 33.0 Å². The summed E-state index contributed by atoms with van der Waals surface area (Å²) in [6.45, 7) is 7.43. The molecule has 1 fully saturated rings. The second-order valence-electron chi connectivity index (χ2n) is 7.06. The second-order valence-corrected chi connectivity index (χ2v) is 8.61. The Bertz CT molecular complexity index is 829. The summed E-state index contributed by atoms with van der Waals surface area (Å²) in [4.78, 5) is 2.67. The standard InChI is InChI=1S/C21H27NO3S/c1-3-13-22-14-5-7-19(16-22)18-6-4-8-20(15-18)25-26(23,24)21-11-9-17(2)10-12-21/h4,6,8-12,15,19H,3,5,7,13-14,16H2,1-2H3/t19-/m1/s1. The Kier molecular flexibility index (Phi) is 5.99. The molecule has 4 nitrogen and oxygen atoms in total. The third-order valence-electron chi connectivity index (χ3n) is 4.89. The lowest BCUT2D eigenvalue weighted by Crippen LogP contribution is -2.34. The molecule has 140 valence electrons. The highest BCUT2D eigenvalue weighted by atomic mass is 32.2. The van der Waals surface area contributed by atoms with Crippen LogP contribution >= 0.6 is 0 Å². The molecule has 0 saturated carbocycles. The largest absolute Gasteiger partial charge is 0.379 e. The van der Waals surface area contributed by atoms with E-state index in [9.17, 15) is 8.42 Å². The maximum Gasteiger partial charge on any atom is 0.339 e. The van der Waals surface area contributed by atoms with Gasteiger partial charge in [0.25, 0.3) is 0 Å². The fraction of sp³-hybridized carbons (Fsp3) is 0.429. The molecule has 0 radical (unpaired) electrons. The van der Waals surface area contributed by atoms with Gasteiger partial charge in [0, 0.05) is 6.54 Å². The van der Waals surface area contributed by atoms with Gasteiger partial charge in [-0.1, -0.05) is 36.8 Å². The van der Waals surface area contributed by atoms with E-state index in [1.165, 1.54) is 6.42 Å². The molecular formula is C21H27NO3S. The molecule has 0 aliphatic carbocycles. The van der Waals surface area contributed by atoms with Gasteiger partial charge in [-0.3, -0.25) is 0 Å². The minimum absolute atomic E-state index is 0.181. The summed E-state index contributed by atoms with van der Waals surface area (Å²) < 4.78 is 30.4. The lowest BCUT2D eigenvalue weighted by molar-refractivity contribution is 0.208. The topological polar surface area (TPSA) is 46.6 Å². The molecule has 0 spiro atoms. The molecular weight excluding hydrogens is 346 g/mol. The minimum atomic E-state index is -3.81. The molecule has 1 aliphatic rings. The lowest BCUT2D eigenvalue weighted by atomic mass is 9.90. The summed E-state index contributed by atoms with van der Waals surface area (Å²) in [5.41, 5.74) is 2.17. The van der Waals surface area contributed by atoms with Crippen LogP contribution in [0.2, 0.25) is 0 Å². The Labute approximate surface area is 156 Å². The Morgan fingerprint density at radius 3 is 2.65 bits per heavy atom. The van der Waals surface area contributed by atoms with Crippen molar-refractivity contribution in [3.8, 4) is 5.75 Å². The van der Waals surface area contributed by atoms with Crippen LogP contribution in [0.25, 0.3) is 0 Å². The average Bonchev–Trinajstić information content (AvgIpc) is 2.62. The molecule has 5 heteroatoms. The molecule has 2 aromatic rings. The normalized spacial score (nSPS) is 18.6. The van der Waals surface area contributed by atoms with Crippen molar-refractivity contribution >= 4 is 10.1 Å². The van der Waals surface area contributed by atoms with E-state index >= 15 is 0 Å². The fourth-order valence-corrected chi connectivity index (χ4v) is 4.47. The van der Waals surface area contributed by atoms with Gasteiger partial charge in [0.05, 0.1) is 0 Å². The summed E-state index contributed by atoms with van der Waals surface area (Å²) in [7, 11) is -3.81. The minimum Gasteiger partial charge on any atom is -0.379 e. The first-order chi connectivity index (χ1) is 12.5. The molecule has 26 heavy (non-hydrogen) atoms. The van der Waals surface area contributed by atoms with E-state index in [-0.39, 0.29) is 4.90 Å². The van der Waals surface area contributed by atoms with Gasteiger partial charge >= 0.3 is 10.1 Å². The quantitative estimate of drug-likeness (QED) is 0.706. The van der Waals surface area contributed by atoms with E-state index in [2.05, 4.69) is 17.9 Å². The van der Waals surface area contributed by atoms with Gasteiger partial charge in [-0.15, -0.1) is 0 Å². The van der Waals surface area contributed by atoms with E-state index in [1.54, 1.807) is 30.3 Å². The third-order valence-corrected chi connectivity index (χ3v) is 6.15. The first kappa shape index (κ1) is 18.9. The molecule has 2 aromatic carbocycles. The number of nitrogens with zero attached hydrogens (tertiary/aromatic N) is 1. The van der Waals surface area contributed by atoms with Gasteiger partial charge in [0.1, 0.15) is 10.6 Å². The van der Waals surface area contributed by atoms with Crippen LogP contribution in [0.4, 0.5) is 0 Å². The summed E-state index contributed by atoms with van der Waals surface area (Å²) in [6.07, 6.45) is 3.47. The SMILES string of the molecule is CCCN1CCC[C@@H](c2cccc(OS(=O)(=O)c3ccc(C)cc3)c2)C1. The summed E-state index contributed by atoms with van der Waals surface area (Å²) >= 11 is 0. The molecule has 0 bridgehead atoms. The molecule has 0 unspecified atom stereocenters. The zero-order valence-electron chi connectivity index (χ0n) is 15.5. The molecule has 0 aromatic heterocycles. The summed E-state index contributed by atoms with van der Waals surface area (Å²) in [5.74, 6) is 0.816. The van der Waals surface area contributed by atoms with E-state index in [0.29, 0.717) is 11.7 Å². The Morgan fingerprint density at radius 2 is 1.92 bits per heavy atom. The lowest BCUT2D eigenvalue weighted by Gasteiger charge is -2.32. The molecule has 1 aliphatic heterocycles. The summed E-state index contributed by atoms with van der Waals surface area (Å²) in [6, 6.07) is 14.3. The van der Waals surface area contributed by atoms with E-state index in [4.69, 9.17) is 4.18 Å². The number of hydrogen-bond donors (Lipinski definition) is 0. The first-order valence-corrected chi connectivity index (χ1v) is 10.7. The maximum absolute atomic E-state index is 12.5. The van der Waals surface area contributed by atoms with Crippen LogP contribution < -0.4 is 4.18 Å². The first-order valence-electron chi connectivity index (χ1n) is 9.31. The monoisotopic (exact) mass is 373 g/mol. The summed E-state index contributed by atoms with van der Waals surface area (Å²) in [5, 5.41) is 0. The fourth-order valence-electron chi connectivity index (χ4n) is 3.55. The average molecular weight is 374 g/mol. The predicted octanol–water partition coefficient (Wildman–Crippen LogP) is 4.35. The second kappa shape index (κ2) is 8.23. The van der Waals surface area contributed by atoms with Crippen molar-refractivity contribution in [2.75, 3.05) is 19.6 Å². The van der Waals surface area contributed by atoms with E-state index in [0.717, 1.165) is 43.6 Å². The maximum atomic E-state index is 12.5. The highest BCUT2D eigenvalue weighted by molar-refractivity contribution is 7.87. The van der Waals surface area contributed by atoms with Gasteiger partial charge in [-0.25, -0.2) is 0 Å². The van der Waals surface area contributed by atoms with Crippen molar-refractivity contribution in [1.29, 1.82) is 0 Å². The van der Waals surface area contributed by atoms with Gasteiger partial charge < -0.3 is 9.08 Å². The molecule has 0 amide bonds. The van der Waals surface area contributed by atoms with Crippen molar-refractivity contribution in [3.63, 3.8) is 0 Å². The molecule has 1 atom stereocenters. The van der Waals surface area contributed by atoms with Crippen molar-refractivity contribution in [3.05, 3.63) is 59.7 Å². The van der Waals surface area contributed by atoms with Crippen molar-refractivity contribution in [2.24, 2.45) is 0 Å². The van der Waals surface area contributed by atoms with Crippen LogP contribution in [0.1, 0.15) is 43.2 Å².